The first-order valence-corrected chi connectivity index (χ1v) is 13.1. The molecule has 0 amide bonds. The highest BCUT2D eigenvalue weighted by Gasteiger charge is 2.38. The van der Waals surface area contributed by atoms with Gasteiger partial charge in [0, 0.05) is 59.0 Å². The molecule has 2 aliphatic rings. The normalized spacial score (nSPS) is 18.5. The maximum Gasteiger partial charge on any atom is 0.343 e. The average molecular weight is 575 g/mol. The van der Waals surface area contributed by atoms with Gasteiger partial charge in [0.25, 0.3) is 6.01 Å². The van der Waals surface area contributed by atoms with Crippen molar-refractivity contribution in [1.29, 1.82) is 5.26 Å². The molecule has 0 N–H and O–H groups in total. The smallest absolute Gasteiger partial charge is 0.343 e. The van der Waals surface area contributed by atoms with Crippen molar-refractivity contribution >= 4 is 39.0 Å². The summed E-state index contributed by atoms with van der Waals surface area (Å²) in [4.78, 5) is 32.4. The first-order valence-electron chi connectivity index (χ1n) is 12.3. The van der Waals surface area contributed by atoms with E-state index in [1.165, 1.54) is 12.3 Å². The maximum absolute atomic E-state index is 12.9. The van der Waals surface area contributed by atoms with Crippen LogP contribution in [0.4, 0.5) is 6.01 Å². The lowest BCUT2D eigenvalue weighted by Crippen LogP contribution is -2.22. The van der Waals surface area contributed by atoms with Crippen LogP contribution in [0, 0.1) is 23.2 Å². The first kappa shape index (κ1) is 24.4. The van der Waals surface area contributed by atoms with E-state index < -0.39 is 11.4 Å². The van der Waals surface area contributed by atoms with Crippen molar-refractivity contribution < 1.29 is 18.7 Å². The summed E-state index contributed by atoms with van der Waals surface area (Å²) < 4.78 is 19.3. The number of anilines is 1. The van der Waals surface area contributed by atoms with Gasteiger partial charge in [-0.1, -0.05) is 6.07 Å². The molecule has 0 spiro atoms. The van der Waals surface area contributed by atoms with Gasteiger partial charge in [0.15, 0.2) is 11.0 Å². The van der Waals surface area contributed by atoms with Crippen LogP contribution in [0.5, 0.6) is 0 Å². The zero-order valence-corrected chi connectivity index (χ0v) is 22.1. The largest absolute Gasteiger partial charge is 0.462 e. The van der Waals surface area contributed by atoms with Crippen LogP contribution in [-0.4, -0.2) is 48.4 Å². The average Bonchev–Trinajstić information content (AvgIpc) is 3.63. The summed E-state index contributed by atoms with van der Waals surface area (Å²) in [5.74, 6) is 0.294. The molecule has 0 aliphatic carbocycles. The lowest BCUT2D eigenvalue weighted by Gasteiger charge is -2.16. The fraction of sp³-hybridized carbons (Fsp3) is 0.286. The SMILES string of the molecule is CCOC(=O)c1cn(-c2ccc3nc(N4CC5COCC5C4)oc3c2)c(-c2ccc(Br)c(C#N)c2)cc1=O. The maximum atomic E-state index is 12.9. The zero-order chi connectivity index (χ0) is 26.4. The fourth-order valence-electron chi connectivity index (χ4n) is 5.13. The summed E-state index contributed by atoms with van der Waals surface area (Å²) in [5, 5.41) is 9.53. The minimum absolute atomic E-state index is 0.0857. The minimum atomic E-state index is -0.696. The van der Waals surface area contributed by atoms with Crippen LogP contribution in [0.15, 0.2) is 62.3 Å². The number of ether oxygens (including phenoxy) is 2. The van der Waals surface area contributed by atoms with E-state index in [1.807, 2.05) is 18.2 Å². The van der Waals surface area contributed by atoms with Crippen molar-refractivity contribution in [2.75, 3.05) is 37.8 Å². The number of benzene rings is 2. The molecule has 2 atom stereocenters. The zero-order valence-electron chi connectivity index (χ0n) is 20.5. The van der Waals surface area contributed by atoms with E-state index in [9.17, 15) is 14.9 Å². The Morgan fingerprint density at radius 2 is 1.97 bits per heavy atom. The van der Waals surface area contributed by atoms with Gasteiger partial charge in [0.2, 0.25) is 0 Å². The molecule has 10 heteroatoms. The van der Waals surface area contributed by atoms with Crippen molar-refractivity contribution in [3.8, 4) is 23.0 Å². The Kier molecular flexibility index (Phi) is 6.26. The Morgan fingerprint density at radius 3 is 2.71 bits per heavy atom. The molecule has 0 saturated carbocycles. The highest BCUT2D eigenvalue weighted by atomic mass is 79.9. The molecule has 0 radical (unpaired) electrons. The fourth-order valence-corrected chi connectivity index (χ4v) is 5.47. The molecule has 2 aromatic carbocycles. The van der Waals surface area contributed by atoms with Crippen LogP contribution in [0.2, 0.25) is 0 Å². The van der Waals surface area contributed by atoms with Crippen LogP contribution >= 0.6 is 15.9 Å². The van der Waals surface area contributed by atoms with E-state index in [4.69, 9.17) is 18.9 Å². The van der Waals surface area contributed by atoms with E-state index in [1.54, 1.807) is 29.7 Å². The highest BCUT2D eigenvalue weighted by molar-refractivity contribution is 9.10. The summed E-state index contributed by atoms with van der Waals surface area (Å²) in [6.07, 6.45) is 1.48. The van der Waals surface area contributed by atoms with Crippen molar-refractivity contribution in [3.05, 3.63) is 74.5 Å². The number of hydrogen-bond donors (Lipinski definition) is 0. The van der Waals surface area contributed by atoms with E-state index in [0.717, 1.165) is 26.3 Å². The first-order chi connectivity index (χ1) is 18.4. The van der Waals surface area contributed by atoms with Crippen molar-refractivity contribution in [2.24, 2.45) is 11.8 Å². The van der Waals surface area contributed by atoms with Crippen LogP contribution < -0.4 is 10.3 Å². The number of nitrogens with zero attached hydrogens (tertiary/aromatic N) is 4. The number of rotatable bonds is 5. The summed E-state index contributed by atoms with van der Waals surface area (Å²) in [7, 11) is 0. The molecule has 38 heavy (non-hydrogen) atoms. The lowest BCUT2D eigenvalue weighted by molar-refractivity contribution is 0.0524. The molecule has 2 aromatic heterocycles. The second-order valence-electron chi connectivity index (χ2n) is 9.44. The van der Waals surface area contributed by atoms with Gasteiger partial charge in [0.1, 0.15) is 17.1 Å². The van der Waals surface area contributed by atoms with Gasteiger partial charge in [-0.2, -0.15) is 10.2 Å². The van der Waals surface area contributed by atoms with Crippen molar-refractivity contribution in [1.82, 2.24) is 9.55 Å². The van der Waals surface area contributed by atoms with Gasteiger partial charge in [-0.3, -0.25) is 4.79 Å². The molecule has 2 saturated heterocycles. The molecular weight excluding hydrogens is 552 g/mol. The molecule has 4 aromatic rings. The topological polar surface area (TPSA) is 111 Å². The number of pyridine rings is 1. The highest BCUT2D eigenvalue weighted by Crippen LogP contribution is 2.34. The van der Waals surface area contributed by atoms with Gasteiger partial charge >= 0.3 is 5.97 Å². The molecule has 192 valence electrons. The third kappa shape index (κ3) is 4.27. The quantitative estimate of drug-likeness (QED) is 0.319. The second kappa shape index (κ2) is 9.74. The minimum Gasteiger partial charge on any atom is -0.462 e. The van der Waals surface area contributed by atoms with Gasteiger partial charge < -0.3 is 23.4 Å². The molecule has 0 bridgehead atoms. The third-order valence-electron chi connectivity index (χ3n) is 7.08. The van der Waals surface area contributed by atoms with Crippen molar-refractivity contribution in [3.63, 3.8) is 0 Å². The Bertz CT molecular complexity index is 1660. The number of carbonyl (C=O) groups is 1. The molecule has 4 heterocycles. The summed E-state index contributed by atoms with van der Waals surface area (Å²) in [5.41, 5.74) is 2.98. The molecule has 9 nitrogen and oxygen atoms in total. The van der Waals surface area contributed by atoms with Crippen LogP contribution in [-0.2, 0) is 9.47 Å². The lowest BCUT2D eigenvalue weighted by atomic mass is 10.0. The Balaban J connectivity index is 1.46. The van der Waals surface area contributed by atoms with E-state index in [0.29, 0.717) is 55.9 Å². The number of aromatic nitrogens is 2. The van der Waals surface area contributed by atoms with Crippen LogP contribution in [0.25, 0.3) is 28.0 Å². The number of fused-ring (bicyclic) bond motifs is 2. The number of oxazole rings is 1. The molecule has 2 aliphatic heterocycles. The third-order valence-corrected chi connectivity index (χ3v) is 7.77. The second-order valence-corrected chi connectivity index (χ2v) is 10.3. The summed E-state index contributed by atoms with van der Waals surface area (Å²) >= 11 is 3.38. The summed E-state index contributed by atoms with van der Waals surface area (Å²) in [6.45, 7) is 5.07. The van der Waals surface area contributed by atoms with Crippen molar-refractivity contribution in [2.45, 2.75) is 6.92 Å². The number of esters is 1. The van der Waals surface area contributed by atoms with Crippen LogP contribution in [0.3, 0.4) is 0 Å². The monoisotopic (exact) mass is 574 g/mol. The number of nitriles is 1. The van der Waals surface area contributed by atoms with Gasteiger partial charge in [0.05, 0.1) is 31.1 Å². The van der Waals surface area contributed by atoms with E-state index in [2.05, 4.69) is 26.9 Å². The number of carbonyl (C=O) groups excluding carboxylic acids is 1. The Morgan fingerprint density at radius 1 is 1.18 bits per heavy atom. The van der Waals surface area contributed by atoms with Gasteiger partial charge in [-0.05, 0) is 47.1 Å². The molecular formula is C28H23BrN4O5. The standard InChI is InChI=1S/C28H23BrN4O5/c1-2-37-27(35)21-13-33(24(9-25(21)34)16-3-5-22(29)17(7-16)10-30)20-4-6-23-26(8-20)38-28(31-23)32-11-18-14-36-15-19(18)12-32/h3-9,13,18-19H,2,11-12,14-15H2,1H3. The predicted molar refractivity (Wildman–Crippen MR) is 143 cm³/mol. The molecule has 2 unspecified atom stereocenters. The number of hydrogen-bond acceptors (Lipinski definition) is 8. The van der Waals surface area contributed by atoms with Crippen LogP contribution in [0.1, 0.15) is 22.8 Å². The Labute approximate surface area is 226 Å². The van der Waals surface area contributed by atoms with Gasteiger partial charge in [-0.15, -0.1) is 0 Å². The number of halogens is 1. The van der Waals surface area contributed by atoms with Gasteiger partial charge in [-0.25, -0.2) is 4.79 Å². The summed E-state index contributed by atoms with van der Waals surface area (Å²) in [6, 6.07) is 14.9. The molecule has 6 rings (SSSR count). The predicted octanol–water partition coefficient (Wildman–Crippen LogP) is 4.54. The Hall–Kier alpha value is -3.94. The molecule has 2 fully saturated rings. The van der Waals surface area contributed by atoms with E-state index >= 15 is 0 Å². The van der Waals surface area contributed by atoms with E-state index in [-0.39, 0.29) is 12.2 Å².